The number of nitrogens with zero attached hydrogens (tertiary/aromatic N) is 1. The van der Waals surface area contributed by atoms with Gasteiger partial charge in [0.2, 0.25) is 0 Å². The van der Waals surface area contributed by atoms with Crippen molar-refractivity contribution in [1.82, 2.24) is 0 Å². The van der Waals surface area contributed by atoms with Crippen molar-refractivity contribution in [3.05, 3.63) is 0 Å². The molecule has 0 aromatic carbocycles. The first-order valence-electron chi connectivity index (χ1n) is 3.41. The average molecular weight is 174 g/mol. The van der Waals surface area contributed by atoms with E-state index in [9.17, 15) is 8.42 Å². The number of nitriles is 1. The highest BCUT2D eigenvalue weighted by molar-refractivity contribution is 7.91. The molecule has 5 heteroatoms. The third-order valence-electron chi connectivity index (χ3n) is 1.88. The predicted molar refractivity (Wildman–Crippen MR) is 40.3 cm³/mol. The zero-order chi connectivity index (χ0) is 8.48. The largest absolute Gasteiger partial charge is 0.326 e. The first-order valence-corrected chi connectivity index (χ1v) is 5.23. The Kier molecular flexibility index (Phi) is 2.16. The molecule has 0 amide bonds. The summed E-state index contributed by atoms with van der Waals surface area (Å²) in [5, 5.41) is 8.50. The lowest BCUT2D eigenvalue weighted by molar-refractivity contribution is 0.491. The number of hydrogen-bond donors (Lipinski definition) is 1. The first-order chi connectivity index (χ1) is 5.05. The van der Waals surface area contributed by atoms with Crippen LogP contribution in [0.5, 0.6) is 0 Å². The maximum atomic E-state index is 11.0. The Hall–Kier alpha value is -0.600. The molecule has 1 fully saturated rings. The normalized spacial score (nSPS) is 36.0. The van der Waals surface area contributed by atoms with E-state index in [1.165, 1.54) is 0 Å². The van der Waals surface area contributed by atoms with Crippen LogP contribution in [0.4, 0.5) is 0 Å². The fourth-order valence-electron chi connectivity index (χ4n) is 1.13. The first kappa shape index (κ1) is 8.50. The summed E-state index contributed by atoms with van der Waals surface area (Å²) in [7, 11) is -2.98. The fourth-order valence-corrected chi connectivity index (χ4v) is 2.80. The molecule has 4 nitrogen and oxygen atoms in total. The molecule has 1 heterocycles. The highest BCUT2D eigenvalue weighted by atomic mass is 32.2. The molecule has 1 rings (SSSR count). The molecule has 0 aromatic heterocycles. The van der Waals surface area contributed by atoms with Gasteiger partial charge >= 0.3 is 0 Å². The Bertz CT molecular complexity index is 277. The van der Waals surface area contributed by atoms with Crippen LogP contribution in [0.1, 0.15) is 6.42 Å². The highest BCUT2D eigenvalue weighted by Crippen LogP contribution is 2.16. The number of hydrogen-bond acceptors (Lipinski definition) is 4. The lowest BCUT2D eigenvalue weighted by atomic mass is 10.0. The molecule has 0 saturated carbocycles. The highest BCUT2D eigenvalue weighted by Gasteiger charge is 2.30. The summed E-state index contributed by atoms with van der Waals surface area (Å²) in [6.45, 7) is 0. The van der Waals surface area contributed by atoms with E-state index in [0.717, 1.165) is 0 Å². The van der Waals surface area contributed by atoms with Crippen LogP contribution in [-0.2, 0) is 9.84 Å². The number of sulfone groups is 1. The summed E-state index contributed by atoms with van der Waals surface area (Å²) in [5.41, 5.74) is 5.52. The quantitative estimate of drug-likeness (QED) is 0.525. The minimum absolute atomic E-state index is 0.0648. The molecule has 2 atom stereocenters. The van der Waals surface area contributed by atoms with Gasteiger partial charge in [-0.2, -0.15) is 5.26 Å². The van der Waals surface area contributed by atoms with Crippen molar-refractivity contribution in [3.63, 3.8) is 0 Å². The maximum absolute atomic E-state index is 11.0. The summed E-state index contributed by atoms with van der Waals surface area (Å²) in [6, 6.07) is 1.64. The molecule has 1 aliphatic heterocycles. The fraction of sp³-hybridized carbons (Fsp3) is 0.833. The van der Waals surface area contributed by atoms with Crippen molar-refractivity contribution in [2.24, 2.45) is 11.7 Å². The van der Waals surface area contributed by atoms with Crippen LogP contribution < -0.4 is 5.73 Å². The van der Waals surface area contributed by atoms with Gasteiger partial charge in [0.05, 0.1) is 23.5 Å². The molecule has 0 radical (unpaired) electrons. The molecule has 11 heavy (non-hydrogen) atoms. The maximum Gasteiger partial charge on any atom is 0.151 e. The van der Waals surface area contributed by atoms with E-state index in [-0.39, 0.29) is 17.5 Å². The van der Waals surface area contributed by atoms with Crippen molar-refractivity contribution in [1.29, 1.82) is 5.26 Å². The predicted octanol–water partition coefficient (Wildman–Crippen LogP) is -0.728. The molecule has 0 aliphatic carbocycles. The van der Waals surface area contributed by atoms with E-state index in [0.29, 0.717) is 6.42 Å². The van der Waals surface area contributed by atoms with Gasteiger partial charge in [0.25, 0.3) is 0 Å². The van der Waals surface area contributed by atoms with Gasteiger partial charge in [0.15, 0.2) is 9.84 Å². The summed E-state index contributed by atoms with van der Waals surface area (Å²) >= 11 is 0. The molecule has 2 unspecified atom stereocenters. The van der Waals surface area contributed by atoms with Gasteiger partial charge in [-0.1, -0.05) is 0 Å². The summed E-state index contributed by atoms with van der Waals surface area (Å²) < 4.78 is 21.9. The van der Waals surface area contributed by atoms with Crippen LogP contribution in [0.2, 0.25) is 0 Å². The van der Waals surface area contributed by atoms with Gasteiger partial charge in [-0.25, -0.2) is 8.42 Å². The van der Waals surface area contributed by atoms with Gasteiger partial charge < -0.3 is 5.73 Å². The molecule has 1 aliphatic rings. The Morgan fingerprint density at radius 2 is 2.18 bits per heavy atom. The lowest BCUT2D eigenvalue weighted by Gasteiger charge is -2.22. The molecular formula is C6H10N2O2S. The van der Waals surface area contributed by atoms with Gasteiger partial charge in [0, 0.05) is 6.04 Å². The second-order valence-electron chi connectivity index (χ2n) is 2.80. The van der Waals surface area contributed by atoms with Crippen LogP contribution in [0.25, 0.3) is 0 Å². The summed E-state index contributed by atoms with van der Waals surface area (Å²) in [5.74, 6) is -0.439. The van der Waals surface area contributed by atoms with E-state index in [1.54, 1.807) is 0 Å². The monoisotopic (exact) mass is 174 g/mol. The van der Waals surface area contributed by atoms with Crippen molar-refractivity contribution >= 4 is 9.84 Å². The minimum atomic E-state index is -2.98. The smallest absolute Gasteiger partial charge is 0.151 e. The van der Waals surface area contributed by atoms with E-state index < -0.39 is 15.8 Å². The van der Waals surface area contributed by atoms with Crippen LogP contribution in [0, 0.1) is 17.2 Å². The zero-order valence-electron chi connectivity index (χ0n) is 6.03. The standard InChI is InChI=1S/C6H10N2O2S/c7-3-5-4-11(9,10)2-1-6(5)8/h5-6H,1-2,4,8H2. The third-order valence-corrected chi connectivity index (χ3v) is 3.60. The minimum Gasteiger partial charge on any atom is -0.326 e. The van der Waals surface area contributed by atoms with E-state index in [2.05, 4.69) is 0 Å². The van der Waals surface area contributed by atoms with Gasteiger partial charge in [-0.05, 0) is 6.42 Å². The molecular weight excluding hydrogens is 164 g/mol. The molecule has 0 spiro atoms. The van der Waals surface area contributed by atoms with Crippen LogP contribution in [-0.4, -0.2) is 26.0 Å². The Morgan fingerprint density at radius 1 is 1.55 bits per heavy atom. The molecule has 2 N–H and O–H groups in total. The SMILES string of the molecule is N#CC1CS(=O)(=O)CCC1N. The number of nitrogens with two attached hydrogens (primary N) is 1. The molecule has 62 valence electrons. The third kappa shape index (κ3) is 1.91. The second-order valence-corrected chi connectivity index (χ2v) is 5.03. The van der Waals surface area contributed by atoms with Crippen LogP contribution >= 0.6 is 0 Å². The van der Waals surface area contributed by atoms with E-state index in [1.807, 2.05) is 6.07 Å². The second kappa shape index (κ2) is 2.80. The summed E-state index contributed by atoms with van der Waals surface area (Å²) in [4.78, 5) is 0. The van der Waals surface area contributed by atoms with Gasteiger partial charge in [-0.15, -0.1) is 0 Å². The van der Waals surface area contributed by atoms with Gasteiger partial charge in [0.1, 0.15) is 0 Å². The van der Waals surface area contributed by atoms with Crippen molar-refractivity contribution in [2.45, 2.75) is 12.5 Å². The number of rotatable bonds is 0. The van der Waals surface area contributed by atoms with Gasteiger partial charge in [-0.3, -0.25) is 0 Å². The Morgan fingerprint density at radius 3 is 2.64 bits per heavy atom. The zero-order valence-corrected chi connectivity index (χ0v) is 6.84. The topological polar surface area (TPSA) is 84.0 Å². The van der Waals surface area contributed by atoms with Crippen LogP contribution in [0.3, 0.4) is 0 Å². The molecule has 0 aromatic rings. The molecule has 0 bridgehead atoms. The lowest BCUT2D eigenvalue weighted by Crippen LogP contribution is -2.41. The molecule has 1 saturated heterocycles. The Balaban J connectivity index is 2.76. The van der Waals surface area contributed by atoms with Crippen LogP contribution in [0.15, 0.2) is 0 Å². The van der Waals surface area contributed by atoms with Crippen molar-refractivity contribution < 1.29 is 8.42 Å². The van der Waals surface area contributed by atoms with E-state index in [4.69, 9.17) is 11.0 Å². The Labute approximate surface area is 65.9 Å². The van der Waals surface area contributed by atoms with Crippen molar-refractivity contribution in [2.75, 3.05) is 11.5 Å². The van der Waals surface area contributed by atoms with Crippen molar-refractivity contribution in [3.8, 4) is 6.07 Å². The summed E-state index contributed by atoms with van der Waals surface area (Å²) in [6.07, 6.45) is 0.417. The van der Waals surface area contributed by atoms with E-state index >= 15 is 0 Å². The average Bonchev–Trinajstić information content (AvgIpc) is 1.94.